The Balaban J connectivity index is 1.68. The number of amides is 1. The molecule has 6 heteroatoms. The number of halogens is 1. The highest BCUT2D eigenvalue weighted by Crippen LogP contribution is 2.29. The highest BCUT2D eigenvalue weighted by atomic mass is 19.1. The maximum Gasteiger partial charge on any atom is 0.261 e. The van der Waals surface area contributed by atoms with Gasteiger partial charge >= 0.3 is 0 Å². The Hall–Kier alpha value is -2.89. The molecule has 0 bridgehead atoms. The zero-order chi connectivity index (χ0) is 18.5. The van der Waals surface area contributed by atoms with Crippen molar-refractivity contribution in [2.75, 3.05) is 13.7 Å². The number of ether oxygens (including phenoxy) is 2. The summed E-state index contributed by atoms with van der Waals surface area (Å²) in [5, 5.41) is 0. The molecule has 0 radical (unpaired) electrons. The van der Waals surface area contributed by atoms with Crippen LogP contribution in [-0.2, 0) is 11.3 Å². The number of rotatable bonds is 8. The molecule has 136 valence electrons. The molecule has 0 saturated heterocycles. The van der Waals surface area contributed by atoms with Crippen LogP contribution in [0.5, 0.6) is 11.5 Å². The third-order valence-corrected chi connectivity index (χ3v) is 4.30. The van der Waals surface area contributed by atoms with Crippen molar-refractivity contribution in [1.29, 1.82) is 0 Å². The van der Waals surface area contributed by atoms with E-state index >= 15 is 0 Å². The van der Waals surface area contributed by atoms with E-state index in [4.69, 9.17) is 9.47 Å². The van der Waals surface area contributed by atoms with E-state index in [1.54, 1.807) is 41.3 Å². The first-order valence-electron chi connectivity index (χ1n) is 8.41. The van der Waals surface area contributed by atoms with Crippen LogP contribution in [0.3, 0.4) is 0 Å². The molecule has 0 aromatic heterocycles. The second-order valence-corrected chi connectivity index (χ2v) is 6.15. The molecule has 26 heavy (non-hydrogen) atoms. The summed E-state index contributed by atoms with van der Waals surface area (Å²) in [4.78, 5) is 25.4. The lowest BCUT2D eigenvalue weighted by Gasteiger charge is -2.23. The van der Waals surface area contributed by atoms with Crippen LogP contribution in [-0.4, -0.2) is 36.9 Å². The quantitative estimate of drug-likeness (QED) is 0.681. The first-order chi connectivity index (χ1) is 12.6. The fourth-order valence-electron chi connectivity index (χ4n) is 2.72. The topological polar surface area (TPSA) is 55.8 Å². The van der Waals surface area contributed by atoms with Crippen molar-refractivity contribution in [3.05, 3.63) is 59.4 Å². The van der Waals surface area contributed by atoms with Gasteiger partial charge < -0.3 is 14.4 Å². The van der Waals surface area contributed by atoms with E-state index in [1.807, 2.05) is 0 Å². The number of carbonyl (C=O) groups excluding carboxylic acids is 2. The molecule has 1 amide bonds. The Morgan fingerprint density at radius 2 is 2.04 bits per heavy atom. The minimum Gasteiger partial charge on any atom is -0.497 e. The first kappa shape index (κ1) is 17.9. The van der Waals surface area contributed by atoms with Crippen molar-refractivity contribution in [2.24, 2.45) is 0 Å². The molecule has 3 rings (SSSR count). The number of carbonyl (C=O) groups is 2. The van der Waals surface area contributed by atoms with E-state index in [2.05, 4.69) is 0 Å². The molecule has 0 aliphatic heterocycles. The summed E-state index contributed by atoms with van der Waals surface area (Å²) >= 11 is 0. The van der Waals surface area contributed by atoms with Crippen molar-refractivity contribution in [1.82, 2.24) is 4.90 Å². The van der Waals surface area contributed by atoms with Crippen molar-refractivity contribution < 1.29 is 23.5 Å². The second kappa shape index (κ2) is 7.99. The van der Waals surface area contributed by atoms with Crippen LogP contribution in [0.4, 0.5) is 4.39 Å². The fraction of sp³-hybridized carbons (Fsp3) is 0.300. The number of nitrogens with zero attached hydrogens (tertiary/aromatic N) is 1. The zero-order valence-corrected chi connectivity index (χ0v) is 14.5. The second-order valence-electron chi connectivity index (χ2n) is 6.15. The van der Waals surface area contributed by atoms with Crippen molar-refractivity contribution in [2.45, 2.75) is 25.4 Å². The van der Waals surface area contributed by atoms with Gasteiger partial charge in [0.25, 0.3) is 5.91 Å². The molecule has 0 spiro atoms. The minimum absolute atomic E-state index is 0.118. The Morgan fingerprint density at radius 3 is 2.69 bits per heavy atom. The van der Waals surface area contributed by atoms with Gasteiger partial charge in [-0.15, -0.1) is 0 Å². The van der Waals surface area contributed by atoms with Gasteiger partial charge in [0.1, 0.15) is 17.3 Å². The molecule has 2 aromatic rings. The molecule has 0 atom stereocenters. The summed E-state index contributed by atoms with van der Waals surface area (Å²) in [6.45, 7) is 0.000799. The van der Waals surface area contributed by atoms with Crippen molar-refractivity contribution in [3.8, 4) is 11.5 Å². The maximum atomic E-state index is 13.9. The van der Waals surface area contributed by atoms with E-state index in [1.165, 1.54) is 13.2 Å². The highest BCUT2D eigenvalue weighted by molar-refractivity contribution is 5.81. The largest absolute Gasteiger partial charge is 0.497 e. The standard InChI is InChI=1S/C20H20FNO4/c1-25-17-8-9-19(15(10-17)12-23)26-13-20(24)22(16-6-7-16)11-14-4-2-3-5-18(14)21/h2-5,8-10,12,16H,6-7,11,13H2,1H3. The molecular weight excluding hydrogens is 337 g/mol. The predicted octanol–water partition coefficient (Wildman–Crippen LogP) is 3.22. The van der Waals surface area contributed by atoms with Crippen molar-refractivity contribution >= 4 is 12.2 Å². The molecule has 1 aliphatic carbocycles. The van der Waals surface area contributed by atoms with Gasteiger partial charge in [-0.2, -0.15) is 0 Å². The summed E-state index contributed by atoms with van der Waals surface area (Å²) in [7, 11) is 1.50. The smallest absolute Gasteiger partial charge is 0.261 e. The summed E-state index contributed by atoms with van der Waals surface area (Å²) in [5.41, 5.74) is 0.787. The number of methoxy groups -OCH3 is 1. The average Bonchev–Trinajstić information content (AvgIpc) is 3.50. The highest BCUT2D eigenvalue weighted by Gasteiger charge is 2.33. The third kappa shape index (κ3) is 4.20. The lowest BCUT2D eigenvalue weighted by atomic mass is 10.2. The van der Waals surface area contributed by atoms with Crippen LogP contribution in [0.25, 0.3) is 0 Å². The molecule has 0 heterocycles. The van der Waals surface area contributed by atoms with Crippen LogP contribution < -0.4 is 9.47 Å². The Labute approximate surface area is 151 Å². The molecular formula is C20H20FNO4. The number of aldehydes is 1. The lowest BCUT2D eigenvalue weighted by molar-refractivity contribution is -0.134. The van der Waals surface area contributed by atoms with E-state index in [0.717, 1.165) is 12.8 Å². The summed E-state index contributed by atoms with van der Waals surface area (Å²) in [6, 6.07) is 11.3. The van der Waals surface area contributed by atoms with Gasteiger partial charge in [0, 0.05) is 18.2 Å². The lowest BCUT2D eigenvalue weighted by Crippen LogP contribution is -2.36. The van der Waals surface area contributed by atoms with Crippen LogP contribution in [0.15, 0.2) is 42.5 Å². The fourth-order valence-corrected chi connectivity index (χ4v) is 2.72. The normalized spacial score (nSPS) is 13.2. The average molecular weight is 357 g/mol. The summed E-state index contributed by atoms with van der Waals surface area (Å²) in [5.74, 6) is 0.286. The molecule has 5 nitrogen and oxygen atoms in total. The Kier molecular flexibility index (Phi) is 5.51. The molecule has 0 N–H and O–H groups in total. The van der Waals surface area contributed by atoms with E-state index in [-0.39, 0.29) is 30.9 Å². The number of benzene rings is 2. The van der Waals surface area contributed by atoms with Gasteiger partial charge in [-0.3, -0.25) is 9.59 Å². The van der Waals surface area contributed by atoms with Crippen molar-refractivity contribution in [3.63, 3.8) is 0 Å². The van der Waals surface area contributed by atoms with Gasteiger partial charge in [-0.05, 0) is 37.1 Å². The Morgan fingerprint density at radius 1 is 1.27 bits per heavy atom. The third-order valence-electron chi connectivity index (χ3n) is 4.30. The number of hydrogen-bond donors (Lipinski definition) is 0. The summed E-state index contributed by atoms with van der Waals surface area (Å²) in [6.07, 6.45) is 2.46. The van der Waals surface area contributed by atoms with Crippen LogP contribution in [0.2, 0.25) is 0 Å². The molecule has 1 fully saturated rings. The van der Waals surface area contributed by atoms with Gasteiger partial charge in [-0.25, -0.2) is 4.39 Å². The van der Waals surface area contributed by atoms with Gasteiger partial charge in [0.15, 0.2) is 12.9 Å². The van der Waals surface area contributed by atoms with Gasteiger partial charge in [0.05, 0.1) is 12.7 Å². The van der Waals surface area contributed by atoms with Crippen LogP contribution in [0.1, 0.15) is 28.8 Å². The molecule has 1 saturated carbocycles. The molecule has 0 unspecified atom stereocenters. The number of hydrogen-bond acceptors (Lipinski definition) is 4. The summed E-state index contributed by atoms with van der Waals surface area (Å²) < 4.78 is 24.5. The molecule has 2 aromatic carbocycles. The van der Waals surface area contributed by atoms with E-state index in [9.17, 15) is 14.0 Å². The zero-order valence-electron chi connectivity index (χ0n) is 14.5. The van der Waals surface area contributed by atoms with Gasteiger partial charge in [-0.1, -0.05) is 18.2 Å². The van der Waals surface area contributed by atoms with E-state index < -0.39 is 0 Å². The SMILES string of the molecule is COc1ccc(OCC(=O)N(Cc2ccccc2F)C2CC2)c(C=O)c1. The van der Waals surface area contributed by atoms with Crippen LogP contribution in [0, 0.1) is 5.82 Å². The first-order valence-corrected chi connectivity index (χ1v) is 8.41. The molecule has 1 aliphatic rings. The Bertz CT molecular complexity index is 804. The van der Waals surface area contributed by atoms with E-state index in [0.29, 0.717) is 28.9 Å². The van der Waals surface area contributed by atoms with Crippen LogP contribution >= 0.6 is 0 Å². The predicted molar refractivity (Wildman–Crippen MR) is 93.8 cm³/mol. The minimum atomic E-state index is -0.328. The van der Waals surface area contributed by atoms with Gasteiger partial charge in [0.2, 0.25) is 0 Å². The monoisotopic (exact) mass is 357 g/mol. The maximum absolute atomic E-state index is 13.9.